The van der Waals surface area contributed by atoms with Crippen molar-refractivity contribution < 1.29 is 6.48 Å². The molecule has 1 heterocycles. The maximum absolute atomic E-state index is 9.52. The second-order valence-electron chi connectivity index (χ2n) is 3.50. The van der Waals surface area contributed by atoms with Gasteiger partial charge in [0.15, 0.2) is 0 Å². The molecular formula is C11H15NO. The van der Waals surface area contributed by atoms with Gasteiger partial charge in [-0.15, -0.1) is 0 Å². The fourth-order valence-electron chi connectivity index (χ4n) is 1.77. The Balaban J connectivity index is 2.14. The lowest BCUT2D eigenvalue weighted by Gasteiger charge is -2.31. The highest BCUT2D eigenvalue weighted by atomic mass is 16.3. The molecule has 0 saturated carbocycles. The van der Waals surface area contributed by atoms with Crippen LogP contribution in [0.1, 0.15) is 14.2 Å². The quantitative estimate of drug-likeness (QED) is 0.706. The van der Waals surface area contributed by atoms with Crippen molar-refractivity contribution >= 4 is 5.69 Å². The maximum atomic E-state index is 9.52. The minimum Gasteiger partial charge on any atom is -0.391 e. The molecule has 1 fully saturated rings. The van der Waals surface area contributed by atoms with E-state index in [1.807, 2.05) is 18.2 Å². The molecule has 0 amide bonds. The first kappa shape index (κ1) is 7.39. The van der Waals surface area contributed by atoms with Crippen molar-refractivity contribution in [2.45, 2.75) is 18.9 Å². The number of aliphatic hydroxyl groups excluding tert-OH is 1. The summed E-state index contributed by atoms with van der Waals surface area (Å²) in [5, 5.41) is 9.52. The number of β-amino-alcohol motifs (C(OH)–C–C–N with tert-alkyl or cyclic N) is 1. The van der Waals surface area contributed by atoms with Crippen LogP contribution in [-0.4, -0.2) is 24.3 Å². The molecule has 1 aliphatic rings. The van der Waals surface area contributed by atoms with Gasteiger partial charge in [0.2, 0.25) is 0 Å². The lowest BCUT2D eigenvalue weighted by Crippen LogP contribution is -2.38. The summed E-state index contributed by atoms with van der Waals surface area (Å²) in [6, 6.07) is 8.03. The number of para-hydroxylation sites is 1. The van der Waals surface area contributed by atoms with Crippen LogP contribution in [0, 0.1) is 0 Å². The maximum Gasteiger partial charge on any atom is 0.0715 e. The predicted octanol–water partition coefficient (Wildman–Crippen LogP) is 1.65. The van der Waals surface area contributed by atoms with Crippen molar-refractivity contribution in [1.29, 1.82) is 0 Å². The molecule has 70 valence electrons. The van der Waals surface area contributed by atoms with E-state index in [0.717, 1.165) is 25.1 Å². The minimum atomic E-state index is -0.210. The second-order valence-corrected chi connectivity index (χ2v) is 3.50. The minimum absolute atomic E-state index is 0.210. The number of hydrogen-bond donors (Lipinski definition) is 1. The van der Waals surface area contributed by atoms with Crippen molar-refractivity contribution in [2.75, 3.05) is 18.0 Å². The lowest BCUT2D eigenvalue weighted by atomic mass is 10.1. The number of anilines is 1. The van der Waals surface area contributed by atoms with E-state index in [1.165, 1.54) is 0 Å². The van der Waals surface area contributed by atoms with Crippen molar-refractivity contribution in [3.05, 3.63) is 30.3 Å². The average Bonchev–Trinajstić information content (AvgIpc) is 2.18. The Bertz CT molecular complexity index is 316. The van der Waals surface area contributed by atoms with Gasteiger partial charge in [-0.2, -0.15) is 0 Å². The Kier molecular flexibility index (Phi) is 2.16. The van der Waals surface area contributed by atoms with Crippen LogP contribution in [0.2, 0.25) is 0 Å². The molecular weight excluding hydrogens is 162 g/mol. The molecule has 0 aromatic heterocycles. The van der Waals surface area contributed by atoms with Crippen LogP contribution < -0.4 is 4.90 Å². The Morgan fingerprint density at radius 1 is 1.46 bits per heavy atom. The molecule has 1 atom stereocenters. The molecule has 13 heavy (non-hydrogen) atoms. The molecule has 2 rings (SSSR count). The van der Waals surface area contributed by atoms with Gasteiger partial charge >= 0.3 is 0 Å². The van der Waals surface area contributed by atoms with Gasteiger partial charge in [-0.3, -0.25) is 0 Å². The lowest BCUT2D eigenvalue weighted by molar-refractivity contribution is 0.154. The van der Waals surface area contributed by atoms with Crippen molar-refractivity contribution in [3.8, 4) is 0 Å². The molecule has 0 unspecified atom stereocenters. The average molecular weight is 178 g/mol. The zero-order chi connectivity index (χ0) is 9.97. The molecule has 1 N–H and O–H groups in total. The van der Waals surface area contributed by atoms with E-state index in [9.17, 15) is 5.11 Å². The van der Waals surface area contributed by atoms with Gasteiger partial charge in [0.05, 0.1) is 7.47 Å². The number of nitrogens with zero attached hydrogens (tertiary/aromatic N) is 1. The third kappa shape index (κ3) is 2.01. The van der Waals surface area contributed by atoms with Crippen molar-refractivity contribution in [3.63, 3.8) is 0 Å². The van der Waals surface area contributed by atoms with Gasteiger partial charge in [-0.1, -0.05) is 18.2 Å². The Morgan fingerprint density at radius 3 is 3.15 bits per heavy atom. The van der Waals surface area contributed by atoms with Crippen LogP contribution in [0.15, 0.2) is 30.3 Å². The van der Waals surface area contributed by atoms with E-state index in [0.29, 0.717) is 12.6 Å². The predicted molar refractivity (Wildman–Crippen MR) is 53.9 cm³/mol. The fraction of sp³-hybridized carbons (Fsp3) is 0.455. The first-order chi connectivity index (χ1) is 6.75. The van der Waals surface area contributed by atoms with Gasteiger partial charge in [0.1, 0.15) is 0 Å². The highest BCUT2D eigenvalue weighted by Gasteiger charge is 2.17. The highest BCUT2D eigenvalue weighted by Crippen LogP contribution is 2.18. The van der Waals surface area contributed by atoms with Crippen LogP contribution in [0.4, 0.5) is 5.69 Å². The third-order valence-corrected chi connectivity index (χ3v) is 2.45. The summed E-state index contributed by atoms with van der Waals surface area (Å²) in [5.74, 6) is 0. The number of rotatable bonds is 1. The van der Waals surface area contributed by atoms with Crippen molar-refractivity contribution in [2.24, 2.45) is 0 Å². The van der Waals surface area contributed by atoms with Crippen LogP contribution in [0.3, 0.4) is 0 Å². The Morgan fingerprint density at radius 2 is 2.38 bits per heavy atom. The number of hydrogen-bond acceptors (Lipinski definition) is 2. The molecule has 0 radical (unpaired) electrons. The zero-order valence-corrected chi connectivity index (χ0v) is 7.61. The molecule has 1 saturated heterocycles. The first-order valence-electron chi connectivity index (χ1n) is 5.25. The van der Waals surface area contributed by atoms with Crippen LogP contribution in [0.25, 0.3) is 0 Å². The normalized spacial score (nSPS) is 24.2. The molecule has 1 aromatic rings. The van der Waals surface area contributed by atoms with E-state index in [-0.39, 0.29) is 6.10 Å². The summed E-state index contributed by atoms with van der Waals surface area (Å²) >= 11 is 0. The summed E-state index contributed by atoms with van der Waals surface area (Å²) in [6.45, 7) is 1.68. The van der Waals surface area contributed by atoms with Gasteiger partial charge < -0.3 is 10.0 Å². The molecule has 2 nitrogen and oxygen atoms in total. The van der Waals surface area contributed by atoms with Gasteiger partial charge in [0.25, 0.3) is 0 Å². The van der Waals surface area contributed by atoms with E-state index in [2.05, 4.69) is 4.90 Å². The highest BCUT2D eigenvalue weighted by molar-refractivity contribution is 5.46. The molecule has 0 bridgehead atoms. The van der Waals surface area contributed by atoms with Crippen LogP contribution in [0.5, 0.6) is 0 Å². The second kappa shape index (κ2) is 3.79. The summed E-state index contributed by atoms with van der Waals surface area (Å²) in [5.41, 5.74) is 1.05. The van der Waals surface area contributed by atoms with E-state index >= 15 is 0 Å². The summed E-state index contributed by atoms with van der Waals surface area (Å²) < 4.78 is 7.52. The summed E-state index contributed by atoms with van der Waals surface area (Å²) in [6.07, 6.45) is 1.72. The molecule has 1 aliphatic heterocycles. The number of benzene rings is 1. The van der Waals surface area contributed by atoms with Gasteiger partial charge in [0, 0.05) is 18.8 Å². The topological polar surface area (TPSA) is 23.5 Å². The smallest absolute Gasteiger partial charge is 0.0715 e. The Labute approximate surface area is 80.2 Å². The van der Waals surface area contributed by atoms with Gasteiger partial charge in [-0.05, 0) is 25.0 Å². The Hall–Kier alpha value is -1.02. The zero-order valence-electron chi connectivity index (χ0n) is 8.61. The fourth-order valence-corrected chi connectivity index (χ4v) is 1.77. The third-order valence-electron chi connectivity index (χ3n) is 2.45. The largest absolute Gasteiger partial charge is 0.391 e. The summed E-state index contributed by atoms with van der Waals surface area (Å²) in [7, 11) is 0. The van der Waals surface area contributed by atoms with Crippen LogP contribution >= 0.6 is 0 Å². The summed E-state index contributed by atoms with van der Waals surface area (Å²) in [4.78, 5) is 2.15. The monoisotopic (exact) mass is 178 g/mol. The van der Waals surface area contributed by atoms with Crippen molar-refractivity contribution in [1.82, 2.24) is 0 Å². The standard InChI is InChI=1S/C11H15NO/c13-11-7-4-8-12(9-11)10-5-2-1-3-6-10/h1-3,5-6,11,13H,4,7-9H2/t11-/m0/s1/i2D. The molecule has 2 heteroatoms. The number of piperidine rings is 1. The molecule has 1 aromatic carbocycles. The number of aliphatic hydroxyl groups is 1. The van der Waals surface area contributed by atoms with Gasteiger partial charge in [-0.25, -0.2) is 0 Å². The molecule has 0 spiro atoms. The first-order valence-corrected chi connectivity index (χ1v) is 4.75. The van der Waals surface area contributed by atoms with Crippen LogP contribution in [-0.2, 0) is 0 Å². The van der Waals surface area contributed by atoms with E-state index < -0.39 is 0 Å². The van der Waals surface area contributed by atoms with E-state index in [1.54, 1.807) is 6.07 Å². The molecule has 0 aliphatic carbocycles. The SMILES string of the molecule is [2H]c1cccc(N2CCC[C@H](O)C2)c1. The van der Waals surface area contributed by atoms with E-state index in [4.69, 9.17) is 1.37 Å².